The fourth-order valence-electron chi connectivity index (χ4n) is 1.78. The number of nitrogens with one attached hydrogen (secondary N) is 1. The summed E-state index contributed by atoms with van der Waals surface area (Å²) in [5.41, 5.74) is 0.201. The van der Waals surface area contributed by atoms with Gasteiger partial charge in [0.2, 0.25) is 0 Å². The second kappa shape index (κ2) is 9.71. The minimum Gasteiger partial charge on any atom is -0.466 e. The minimum absolute atomic E-state index is 0.00523. The Morgan fingerprint density at radius 1 is 0.885 bits per heavy atom. The summed E-state index contributed by atoms with van der Waals surface area (Å²) < 4.78 is 17.7. The van der Waals surface area contributed by atoms with Crippen molar-refractivity contribution in [2.24, 2.45) is 4.99 Å². The van der Waals surface area contributed by atoms with Gasteiger partial charge in [0.1, 0.15) is 0 Å². The Balaban J connectivity index is 0.000000260. The number of H-pyrrole nitrogens is 1. The van der Waals surface area contributed by atoms with Crippen LogP contribution >= 0.6 is 0 Å². The molecule has 2 rings (SSSR count). The third kappa shape index (κ3) is 4.75. The Kier molecular flexibility index (Phi) is 7.67. The van der Waals surface area contributed by atoms with Gasteiger partial charge in [0.05, 0.1) is 40.3 Å². The Labute approximate surface area is 148 Å². The number of nitrogens with zero attached hydrogens (tertiary/aromatic N) is 2. The second-order valence-electron chi connectivity index (χ2n) is 4.44. The summed E-state index contributed by atoms with van der Waals surface area (Å²) >= 11 is 0. The monoisotopic (exact) mass is 367 g/mol. The van der Waals surface area contributed by atoms with Crippen LogP contribution in [0.5, 0.6) is 0 Å². The largest absolute Gasteiger partial charge is 0.466 e. The molecule has 0 unspecified atom stereocenters. The normalized spacial score (nSPS) is 12.0. The highest BCUT2D eigenvalue weighted by atomic mass is 16.5. The number of aliphatic imine (C=N–C) groups is 1. The average Bonchev–Trinajstić information content (AvgIpc) is 3.35. The number of esters is 4. The van der Waals surface area contributed by atoms with Gasteiger partial charge in [-0.25, -0.2) is 24.2 Å². The van der Waals surface area contributed by atoms with Crippen molar-refractivity contribution in [1.82, 2.24) is 9.97 Å². The molecule has 140 valence electrons. The lowest BCUT2D eigenvalue weighted by Gasteiger charge is -2.01. The number of methoxy groups -OCH3 is 4. The Morgan fingerprint density at radius 3 is 2.00 bits per heavy atom. The summed E-state index contributed by atoms with van der Waals surface area (Å²) in [4.78, 5) is 54.0. The molecular formula is C15H17N3O8. The predicted octanol–water partition coefficient (Wildman–Crippen LogP) is 0.0439. The summed E-state index contributed by atoms with van der Waals surface area (Å²) in [5, 5.41) is 0. The van der Waals surface area contributed by atoms with E-state index in [0.717, 1.165) is 0 Å². The highest BCUT2D eigenvalue weighted by Crippen LogP contribution is 2.18. The average molecular weight is 367 g/mol. The lowest BCUT2D eigenvalue weighted by atomic mass is 10.2. The van der Waals surface area contributed by atoms with Crippen LogP contribution in [-0.2, 0) is 28.5 Å². The maximum Gasteiger partial charge on any atom is 0.359 e. The van der Waals surface area contributed by atoms with Crippen molar-refractivity contribution in [1.29, 1.82) is 0 Å². The summed E-state index contributed by atoms with van der Waals surface area (Å²) in [7, 11) is 4.91. The van der Waals surface area contributed by atoms with Crippen LogP contribution in [0.15, 0.2) is 22.6 Å². The number of hydrogen-bond acceptors (Lipinski definition) is 10. The molecule has 1 N–H and O–H groups in total. The van der Waals surface area contributed by atoms with Crippen LogP contribution in [0.3, 0.4) is 0 Å². The smallest absolute Gasteiger partial charge is 0.359 e. The number of imidazole rings is 1. The van der Waals surface area contributed by atoms with E-state index >= 15 is 0 Å². The standard InChI is InChI=1S/C8H9NO4.C7H8N2O4/c1-12-7(10)5-3-4-9-6(5)8(11)13-2;1-12-6(10)4-5(7(11)13-2)9-3-8-4/h4H,3H2,1-2H3;3H,1-2H3,(H,8,9). The van der Waals surface area contributed by atoms with E-state index in [4.69, 9.17) is 0 Å². The topological polar surface area (TPSA) is 146 Å². The van der Waals surface area contributed by atoms with Gasteiger partial charge in [-0.3, -0.25) is 4.99 Å². The van der Waals surface area contributed by atoms with E-state index in [2.05, 4.69) is 33.9 Å². The number of carbonyl (C=O) groups excluding carboxylic acids is 4. The highest BCUT2D eigenvalue weighted by Gasteiger charge is 2.24. The van der Waals surface area contributed by atoms with Crippen molar-refractivity contribution < 1.29 is 38.1 Å². The van der Waals surface area contributed by atoms with Crippen molar-refractivity contribution >= 4 is 30.1 Å². The number of aromatic nitrogens is 2. The van der Waals surface area contributed by atoms with Gasteiger partial charge < -0.3 is 23.9 Å². The van der Waals surface area contributed by atoms with E-state index in [-0.39, 0.29) is 22.7 Å². The SMILES string of the molecule is COC(=O)C1=C(C(=O)OC)N=CC1.COC(=O)c1nc[nH]c1C(=O)OC. The first kappa shape index (κ1) is 20.5. The Morgan fingerprint density at radius 2 is 1.46 bits per heavy atom. The fourth-order valence-corrected chi connectivity index (χ4v) is 1.78. The number of hydrogen-bond donors (Lipinski definition) is 1. The molecule has 0 radical (unpaired) electrons. The van der Waals surface area contributed by atoms with Gasteiger partial charge in [0.15, 0.2) is 17.1 Å². The van der Waals surface area contributed by atoms with Gasteiger partial charge in [0.25, 0.3) is 0 Å². The van der Waals surface area contributed by atoms with E-state index < -0.39 is 23.9 Å². The van der Waals surface area contributed by atoms with Crippen molar-refractivity contribution in [3.8, 4) is 0 Å². The lowest BCUT2D eigenvalue weighted by molar-refractivity contribution is -0.139. The zero-order valence-electron chi connectivity index (χ0n) is 14.5. The molecule has 1 aliphatic rings. The van der Waals surface area contributed by atoms with Crippen LogP contribution in [0.25, 0.3) is 0 Å². The van der Waals surface area contributed by atoms with Crippen molar-refractivity contribution in [3.63, 3.8) is 0 Å². The predicted molar refractivity (Wildman–Crippen MR) is 85.4 cm³/mol. The quantitative estimate of drug-likeness (QED) is 0.575. The van der Waals surface area contributed by atoms with Crippen molar-refractivity contribution in [2.75, 3.05) is 28.4 Å². The van der Waals surface area contributed by atoms with Gasteiger partial charge in [-0.15, -0.1) is 0 Å². The van der Waals surface area contributed by atoms with Gasteiger partial charge in [-0.1, -0.05) is 0 Å². The molecule has 26 heavy (non-hydrogen) atoms. The highest BCUT2D eigenvalue weighted by molar-refractivity contribution is 6.05. The summed E-state index contributed by atoms with van der Waals surface area (Å²) in [6, 6.07) is 0. The molecule has 1 aliphatic heterocycles. The Hall–Kier alpha value is -3.50. The molecule has 0 atom stereocenters. The maximum absolute atomic E-state index is 11.1. The van der Waals surface area contributed by atoms with Crippen LogP contribution in [0.4, 0.5) is 0 Å². The van der Waals surface area contributed by atoms with E-state index in [0.29, 0.717) is 6.42 Å². The molecule has 1 aromatic rings. The van der Waals surface area contributed by atoms with Crippen molar-refractivity contribution in [3.05, 3.63) is 29.0 Å². The molecular weight excluding hydrogens is 350 g/mol. The first-order valence-corrected chi connectivity index (χ1v) is 7.03. The van der Waals surface area contributed by atoms with Gasteiger partial charge in [0, 0.05) is 12.6 Å². The fraction of sp³-hybridized carbons (Fsp3) is 0.333. The number of aromatic amines is 1. The van der Waals surface area contributed by atoms with Gasteiger partial charge >= 0.3 is 23.9 Å². The van der Waals surface area contributed by atoms with E-state index in [1.165, 1.54) is 41.0 Å². The van der Waals surface area contributed by atoms with Crippen LogP contribution < -0.4 is 0 Å². The molecule has 0 spiro atoms. The van der Waals surface area contributed by atoms with E-state index in [9.17, 15) is 19.2 Å². The molecule has 2 heterocycles. The van der Waals surface area contributed by atoms with E-state index in [1.54, 1.807) is 0 Å². The minimum atomic E-state index is -0.679. The summed E-state index contributed by atoms with van der Waals surface area (Å²) in [5.74, 6) is -2.49. The number of carbonyl (C=O) groups is 4. The molecule has 0 fully saturated rings. The molecule has 0 bridgehead atoms. The van der Waals surface area contributed by atoms with Crippen LogP contribution in [-0.4, -0.2) is 68.5 Å². The number of ether oxygens (including phenoxy) is 4. The van der Waals surface area contributed by atoms with Gasteiger partial charge in [-0.05, 0) is 0 Å². The van der Waals surface area contributed by atoms with Crippen molar-refractivity contribution in [2.45, 2.75) is 6.42 Å². The van der Waals surface area contributed by atoms with Crippen LogP contribution in [0.2, 0.25) is 0 Å². The zero-order valence-corrected chi connectivity index (χ0v) is 14.5. The molecule has 0 saturated carbocycles. The Bertz CT molecular complexity index is 732. The third-order valence-corrected chi connectivity index (χ3v) is 3.02. The molecule has 11 heteroatoms. The van der Waals surface area contributed by atoms with Crippen LogP contribution in [0, 0.1) is 0 Å². The number of rotatable bonds is 4. The van der Waals surface area contributed by atoms with Gasteiger partial charge in [-0.2, -0.15) is 0 Å². The first-order valence-electron chi connectivity index (χ1n) is 7.03. The molecule has 1 aromatic heterocycles. The van der Waals surface area contributed by atoms with Crippen LogP contribution in [0.1, 0.15) is 27.4 Å². The zero-order chi connectivity index (χ0) is 19.7. The summed E-state index contributed by atoms with van der Waals surface area (Å²) in [6.45, 7) is 0. The molecule has 0 aromatic carbocycles. The first-order chi connectivity index (χ1) is 12.4. The lowest BCUT2D eigenvalue weighted by Crippen LogP contribution is -2.11. The molecule has 0 aliphatic carbocycles. The molecule has 0 amide bonds. The van der Waals surface area contributed by atoms with E-state index in [1.807, 2.05) is 0 Å². The second-order valence-corrected chi connectivity index (χ2v) is 4.44. The maximum atomic E-state index is 11.1. The molecule has 0 saturated heterocycles. The third-order valence-electron chi connectivity index (χ3n) is 3.02. The summed E-state index contributed by atoms with van der Waals surface area (Å²) in [6.07, 6.45) is 3.01. The molecule has 11 nitrogen and oxygen atoms in total.